The lowest BCUT2D eigenvalue weighted by Gasteiger charge is -2.09. The molecule has 0 bridgehead atoms. The van der Waals surface area contributed by atoms with Gasteiger partial charge in [0.15, 0.2) is 11.5 Å². The molecule has 0 atom stereocenters. The van der Waals surface area contributed by atoms with Gasteiger partial charge in [0, 0.05) is 13.8 Å². The quantitative estimate of drug-likeness (QED) is 0.672. The van der Waals surface area contributed by atoms with Crippen LogP contribution in [0.3, 0.4) is 0 Å². The Labute approximate surface area is 136 Å². The van der Waals surface area contributed by atoms with Gasteiger partial charge in [-0.1, -0.05) is 24.0 Å². The summed E-state index contributed by atoms with van der Waals surface area (Å²) in [5.74, 6) is 6.46. The molecular formula is C19H18N2O2. The van der Waals surface area contributed by atoms with Crippen molar-refractivity contribution < 1.29 is 9.47 Å². The van der Waals surface area contributed by atoms with Gasteiger partial charge >= 0.3 is 0 Å². The average molecular weight is 306 g/mol. The molecule has 4 nitrogen and oxygen atoms in total. The van der Waals surface area contributed by atoms with Crippen LogP contribution < -0.4 is 20.9 Å². The van der Waals surface area contributed by atoms with Gasteiger partial charge in [0.05, 0.1) is 11.4 Å². The molecule has 2 rings (SSSR count). The summed E-state index contributed by atoms with van der Waals surface area (Å²) in [7, 11) is 0. The molecule has 0 saturated carbocycles. The van der Waals surface area contributed by atoms with Crippen molar-refractivity contribution in [3.63, 3.8) is 0 Å². The Hall–Kier alpha value is -3.24. The highest BCUT2D eigenvalue weighted by atomic mass is 16.5. The van der Waals surface area contributed by atoms with E-state index in [0.717, 1.165) is 11.1 Å². The first-order valence-electron chi connectivity index (χ1n) is 7.08. The predicted octanol–water partition coefficient (Wildman–Crippen LogP) is 3.16. The summed E-state index contributed by atoms with van der Waals surface area (Å²) in [5, 5.41) is 0. The Morgan fingerprint density at radius 2 is 1.22 bits per heavy atom. The lowest BCUT2D eigenvalue weighted by atomic mass is 10.0. The van der Waals surface area contributed by atoms with Crippen LogP contribution in [0.25, 0.3) is 0 Å². The molecule has 0 heterocycles. The molecule has 0 spiro atoms. The van der Waals surface area contributed by atoms with E-state index in [1.807, 2.05) is 24.3 Å². The van der Waals surface area contributed by atoms with Crippen LogP contribution >= 0.6 is 0 Å². The van der Waals surface area contributed by atoms with Gasteiger partial charge in [-0.2, -0.15) is 0 Å². The Morgan fingerprint density at radius 1 is 0.783 bits per heavy atom. The van der Waals surface area contributed by atoms with E-state index in [9.17, 15) is 0 Å². The fourth-order valence-electron chi connectivity index (χ4n) is 2.00. The second kappa shape index (κ2) is 7.68. The Kier molecular flexibility index (Phi) is 5.39. The van der Waals surface area contributed by atoms with E-state index in [0.29, 0.717) is 29.3 Å². The molecule has 0 aliphatic carbocycles. The highest BCUT2D eigenvalue weighted by Gasteiger charge is 2.06. The van der Waals surface area contributed by atoms with Crippen LogP contribution in [0.5, 0.6) is 11.5 Å². The van der Waals surface area contributed by atoms with E-state index in [-0.39, 0.29) is 0 Å². The van der Waals surface area contributed by atoms with E-state index in [1.54, 1.807) is 26.0 Å². The molecular weight excluding hydrogens is 288 g/mol. The summed E-state index contributed by atoms with van der Waals surface area (Å²) in [6, 6.07) is 11.3. The fraction of sp³-hybridized carbons (Fsp3) is 0.158. The van der Waals surface area contributed by atoms with Crippen LogP contribution in [0, 0.1) is 24.1 Å². The van der Waals surface area contributed by atoms with E-state index in [2.05, 4.69) is 24.1 Å². The van der Waals surface area contributed by atoms with Crippen molar-refractivity contribution in [3.05, 3.63) is 47.5 Å². The summed E-state index contributed by atoms with van der Waals surface area (Å²) in [6.07, 6.45) is 5.80. The zero-order valence-corrected chi connectivity index (χ0v) is 13.1. The normalized spacial score (nSPS) is 9.13. The smallest absolute Gasteiger partial charge is 0.163 e. The summed E-state index contributed by atoms with van der Waals surface area (Å²) >= 11 is 0. The second-order valence-corrected chi connectivity index (χ2v) is 4.83. The SMILES string of the molecule is CC#COc1cc(Cc2ccc(N)c(OC#CC)c2)ccc1N. The first-order valence-corrected chi connectivity index (χ1v) is 7.08. The predicted molar refractivity (Wildman–Crippen MR) is 92.7 cm³/mol. The molecule has 4 heteroatoms. The van der Waals surface area contributed by atoms with Crippen LogP contribution in [0.1, 0.15) is 25.0 Å². The van der Waals surface area contributed by atoms with Crippen molar-refractivity contribution in [3.8, 4) is 35.6 Å². The lowest BCUT2D eigenvalue weighted by Crippen LogP contribution is -1.97. The van der Waals surface area contributed by atoms with Crippen molar-refractivity contribution in [2.45, 2.75) is 20.3 Å². The van der Waals surface area contributed by atoms with Gasteiger partial charge in [0.25, 0.3) is 0 Å². The Bertz CT molecular complexity index is 751. The van der Waals surface area contributed by atoms with Crippen molar-refractivity contribution in [1.29, 1.82) is 0 Å². The minimum atomic E-state index is 0.552. The molecule has 0 fully saturated rings. The van der Waals surface area contributed by atoms with E-state index >= 15 is 0 Å². The number of rotatable bonds is 4. The molecule has 0 aliphatic heterocycles. The third-order valence-corrected chi connectivity index (χ3v) is 3.09. The molecule has 2 aromatic rings. The van der Waals surface area contributed by atoms with Gasteiger partial charge in [0.2, 0.25) is 0 Å². The molecule has 116 valence electrons. The van der Waals surface area contributed by atoms with Crippen LogP contribution in [-0.2, 0) is 6.42 Å². The highest BCUT2D eigenvalue weighted by molar-refractivity contribution is 5.57. The number of nitrogen functional groups attached to an aromatic ring is 2. The van der Waals surface area contributed by atoms with Crippen molar-refractivity contribution in [2.24, 2.45) is 0 Å². The molecule has 0 saturated heterocycles. The number of nitrogens with two attached hydrogens (primary N) is 2. The van der Waals surface area contributed by atoms with Gasteiger partial charge in [0.1, 0.15) is 12.2 Å². The fourth-order valence-corrected chi connectivity index (χ4v) is 2.00. The van der Waals surface area contributed by atoms with E-state index < -0.39 is 0 Å². The Morgan fingerprint density at radius 3 is 1.61 bits per heavy atom. The number of hydrogen-bond acceptors (Lipinski definition) is 4. The molecule has 0 aromatic heterocycles. The van der Waals surface area contributed by atoms with Crippen LogP contribution in [0.2, 0.25) is 0 Å². The second-order valence-electron chi connectivity index (χ2n) is 4.83. The van der Waals surface area contributed by atoms with Crippen molar-refractivity contribution in [1.82, 2.24) is 0 Å². The largest absolute Gasteiger partial charge is 0.405 e. The zero-order valence-electron chi connectivity index (χ0n) is 13.1. The topological polar surface area (TPSA) is 70.5 Å². The van der Waals surface area contributed by atoms with Crippen LogP contribution in [-0.4, -0.2) is 0 Å². The molecule has 4 N–H and O–H groups in total. The highest BCUT2D eigenvalue weighted by Crippen LogP contribution is 2.27. The minimum absolute atomic E-state index is 0.552. The van der Waals surface area contributed by atoms with E-state index in [4.69, 9.17) is 20.9 Å². The maximum absolute atomic E-state index is 5.88. The first kappa shape index (κ1) is 16.1. The number of benzene rings is 2. The van der Waals surface area contributed by atoms with Crippen LogP contribution in [0.4, 0.5) is 11.4 Å². The molecule has 0 radical (unpaired) electrons. The third kappa shape index (κ3) is 4.36. The molecule has 2 aromatic carbocycles. The summed E-state index contributed by atoms with van der Waals surface area (Å²) in [6.45, 7) is 3.41. The molecule has 23 heavy (non-hydrogen) atoms. The minimum Gasteiger partial charge on any atom is -0.405 e. The number of hydrogen-bond donors (Lipinski definition) is 2. The molecule has 0 aliphatic rings. The number of anilines is 2. The maximum Gasteiger partial charge on any atom is 0.163 e. The summed E-state index contributed by atoms with van der Waals surface area (Å²) in [5.41, 5.74) is 15.0. The van der Waals surface area contributed by atoms with Crippen molar-refractivity contribution >= 4 is 11.4 Å². The Balaban J connectivity index is 2.24. The standard InChI is InChI=1S/C19H18N2O2/c1-3-9-22-18-12-14(5-7-16(18)20)11-15-6-8-17(21)19(13-15)23-10-4-2/h5-8,12-13H,11,20-21H2,1-2H3. The van der Waals surface area contributed by atoms with Gasteiger partial charge in [-0.25, -0.2) is 0 Å². The maximum atomic E-state index is 5.88. The lowest BCUT2D eigenvalue weighted by molar-refractivity contribution is 0.520. The van der Waals surface area contributed by atoms with Gasteiger partial charge < -0.3 is 20.9 Å². The molecule has 0 unspecified atom stereocenters. The van der Waals surface area contributed by atoms with Crippen molar-refractivity contribution in [2.75, 3.05) is 11.5 Å². The van der Waals surface area contributed by atoms with E-state index in [1.165, 1.54) is 0 Å². The van der Waals surface area contributed by atoms with Gasteiger partial charge in [-0.15, -0.1) is 0 Å². The first-order chi connectivity index (χ1) is 11.1. The summed E-state index contributed by atoms with van der Waals surface area (Å²) < 4.78 is 10.6. The van der Waals surface area contributed by atoms with Crippen LogP contribution in [0.15, 0.2) is 36.4 Å². The average Bonchev–Trinajstić information content (AvgIpc) is 2.55. The molecule has 0 amide bonds. The van der Waals surface area contributed by atoms with Gasteiger partial charge in [-0.3, -0.25) is 0 Å². The monoisotopic (exact) mass is 306 g/mol. The third-order valence-electron chi connectivity index (χ3n) is 3.09. The summed E-state index contributed by atoms with van der Waals surface area (Å²) in [4.78, 5) is 0. The van der Waals surface area contributed by atoms with Gasteiger partial charge in [-0.05, 0) is 41.8 Å². The zero-order chi connectivity index (χ0) is 16.7. The number of ether oxygens (including phenoxy) is 2.